The van der Waals surface area contributed by atoms with Gasteiger partial charge in [-0.05, 0) is 0 Å². The van der Waals surface area contributed by atoms with E-state index in [0.717, 1.165) is 0 Å². The molecule has 0 fully saturated rings. The molecule has 0 aliphatic rings. The Morgan fingerprint density at radius 1 is 0.895 bits per heavy atom. The van der Waals surface area contributed by atoms with E-state index in [1.54, 1.807) is 27.7 Å². The fourth-order valence-electron chi connectivity index (χ4n) is 0.992. The first kappa shape index (κ1) is 17.4. The average Bonchev–Trinajstić information content (AvgIpc) is 2.40. The summed E-state index contributed by atoms with van der Waals surface area (Å²) in [5.41, 5.74) is 0. The first-order valence-corrected chi connectivity index (χ1v) is 6.42. The normalized spacial score (nSPS) is 10.4. The smallest absolute Gasteiger partial charge is 0.308 e. The van der Waals surface area contributed by atoms with Crippen molar-refractivity contribution in [2.45, 2.75) is 46.6 Å². The first-order chi connectivity index (χ1) is 8.90. The van der Waals surface area contributed by atoms with Gasteiger partial charge in [0, 0.05) is 12.8 Å². The Bertz CT molecular complexity index is 290. The second-order valence-electron chi connectivity index (χ2n) is 4.29. The first-order valence-electron chi connectivity index (χ1n) is 6.42. The molecule has 110 valence electrons. The van der Waals surface area contributed by atoms with Gasteiger partial charge in [-0.25, -0.2) is 0 Å². The van der Waals surface area contributed by atoms with E-state index in [2.05, 4.69) is 0 Å². The number of carbonyl (C=O) groups is 3. The second-order valence-corrected chi connectivity index (χ2v) is 4.29. The van der Waals surface area contributed by atoms with Gasteiger partial charge in [0.25, 0.3) is 0 Å². The Kier molecular flexibility index (Phi) is 8.57. The van der Waals surface area contributed by atoms with Crippen LogP contribution in [0.3, 0.4) is 0 Å². The fraction of sp³-hybridized carbons (Fsp3) is 0.769. The van der Waals surface area contributed by atoms with Crippen molar-refractivity contribution in [3.63, 3.8) is 0 Å². The number of carbonyl (C=O) groups excluding carboxylic acids is 3. The van der Waals surface area contributed by atoms with E-state index in [1.165, 1.54) is 0 Å². The molecule has 19 heavy (non-hydrogen) atoms. The van der Waals surface area contributed by atoms with E-state index in [-0.39, 0.29) is 32.0 Å². The zero-order valence-corrected chi connectivity index (χ0v) is 11.9. The predicted molar refractivity (Wildman–Crippen MR) is 67.2 cm³/mol. The molecular formula is C13H22O6. The minimum atomic E-state index is -0.763. The maximum absolute atomic E-state index is 11.5. The zero-order chi connectivity index (χ0) is 14.8. The summed E-state index contributed by atoms with van der Waals surface area (Å²) in [5, 5.41) is 0. The van der Waals surface area contributed by atoms with Crippen molar-refractivity contribution in [3.8, 4) is 0 Å². The van der Waals surface area contributed by atoms with Crippen LogP contribution in [-0.2, 0) is 28.6 Å². The van der Waals surface area contributed by atoms with Crippen LogP contribution < -0.4 is 0 Å². The lowest BCUT2D eigenvalue weighted by Gasteiger charge is -2.18. The Morgan fingerprint density at radius 2 is 1.32 bits per heavy atom. The van der Waals surface area contributed by atoms with E-state index in [0.29, 0.717) is 0 Å². The standard InChI is InChI=1S/C13H22O6/c1-5-11(14)17-7-10(8-18-12(15)6-2)19-13(16)9(3)4/h9-10H,5-8H2,1-4H3. The third-order valence-corrected chi connectivity index (χ3v) is 2.19. The van der Waals surface area contributed by atoms with Crippen LogP contribution in [0.25, 0.3) is 0 Å². The molecule has 0 aliphatic carbocycles. The molecule has 6 nitrogen and oxygen atoms in total. The highest BCUT2D eigenvalue weighted by Crippen LogP contribution is 2.04. The van der Waals surface area contributed by atoms with Crippen LogP contribution in [-0.4, -0.2) is 37.2 Å². The molecule has 0 aliphatic heterocycles. The molecule has 0 unspecified atom stereocenters. The van der Waals surface area contributed by atoms with Crippen molar-refractivity contribution >= 4 is 17.9 Å². The summed E-state index contributed by atoms with van der Waals surface area (Å²) in [4.78, 5) is 33.6. The highest BCUT2D eigenvalue weighted by Gasteiger charge is 2.20. The van der Waals surface area contributed by atoms with Gasteiger partial charge in [-0.15, -0.1) is 0 Å². The number of hydrogen-bond acceptors (Lipinski definition) is 6. The molecule has 0 aromatic heterocycles. The molecule has 0 atom stereocenters. The predicted octanol–water partition coefficient (Wildman–Crippen LogP) is 1.46. The molecule has 0 aromatic rings. The maximum Gasteiger partial charge on any atom is 0.308 e. The summed E-state index contributed by atoms with van der Waals surface area (Å²) < 4.78 is 14.9. The quantitative estimate of drug-likeness (QED) is 0.492. The topological polar surface area (TPSA) is 78.9 Å². The molecule has 0 rings (SSSR count). The van der Waals surface area contributed by atoms with Gasteiger partial charge in [0.2, 0.25) is 0 Å². The summed E-state index contributed by atoms with van der Waals surface area (Å²) in [6.07, 6.45) is -0.292. The molecule has 0 N–H and O–H groups in total. The van der Waals surface area contributed by atoms with Crippen LogP contribution in [0, 0.1) is 5.92 Å². The fourth-order valence-corrected chi connectivity index (χ4v) is 0.992. The minimum absolute atomic E-state index is 0.109. The monoisotopic (exact) mass is 274 g/mol. The molecule has 0 amide bonds. The zero-order valence-electron chi connectivity index (χ0n) is 11.9. The van der Waals surface area contributed by atoms with Crippen LogP contribution in [0.2, 0.25) is 0 Å². The average molecular weight is 274 g/mol. The molecular weight excluding hydrogens is 252 g/mol. The van der Waals surface area contributed by atoms with Crippen molar-refractivity contribution in [2.75, 3.05) is 13.2 Å². The van der Waals surface area contributed by atoms with Gasteiger partial charge in [0.1, 0.15) is 13.2 Å². The van der Waals surface area contributed by atoms with E-state index in [4.69, 9.17) is 14.2 Å². The van der Waals surface area contributed by atoms with Crippen molar-refractivity contribution in [1.29, 1.82) is 0 Å². The van der Waals surface area contributed by atoms with Gasteiger partial charge < -0.3 is 14.2 Å². The largest absolute Gasteiger partial charge is 0.462 e. The summed E-state index contributed by atoms with van der Waals surface area (Å²) >= 11 is 0. The van der Waals surface area contributed by atoms with Gasteiger partial charge in [-0.1, -0.05) is 27.7 Å². The Hall–Kier alpha value is -1.59. The molecule has 0 aromatic carbocycles. The van der Waals surface area contributed by atoms with E-state index in [1.807, 2.05) is 0 Å². The molecule has 0 bridgehead atoms. The summed E-state index contributed by atoms with van der Waals surface area (Å²) in [6, 6.07) is 0. The van der Waals surface area contributed by atoms with Crippen molar-refractivity contribution in [2.24, 2.45) is 5.92 Å². The summed E-state index contributed by atoms with van der Waals surface area (Å²) in [6.45, 7) is 6.48. The Morgan fingerprint density at radius 3 is 1.63 bits per heavy atom. The van der Waals surface area contributed by atoms with Crippen LogP contribution in [0.4, 0.5) is 0 Å². The molecule has 0 saturated heterocycles. The van der Waals surface area contributed by atoms with Crippen molar-refractivity contribution < 1.29 is 28.6 Å². The van der Waals surface area contributed by atoms with Crippen LogP contribution in [0.5, 0.6) is 0 Å². The van der Waals surface area contributed by atoms with Crippen molar-refractivity contribution in [1.82, 2.24) is 0 Å². The van der Waals surface area contributed by atoms with Crippen LogP contribution in [0.1, 0.15) is 40.5 Å². The molecule has 0 heterocycles. The lowest BCUT2D eigenvalue weighted by molar-refractivity contribution is -0.168. The maximum atomic E-state index is 11.5. The number of ether oxygens (including phenoxy) is 3. The van der Waals surface area contributed by atoms with E-state index >= 15 is 0 Å². The van der Waals surface area contributed by atoms with Crippen molar-refractivity contribution in [3.05, 3.63) is 0 Å². The Labute approximate surface area is 113 Å². The van der Waals surface area contributed by atoms with Gasteiger partial charge in [-0.2, -0.15) is 0 Å². The van der Waals surface area contributed by atoms with Crippen LogP contribution in [0.15, 0.2) is 0 Å². The number of hydrogen-bond donors (Lipinski definition) is 0. The van der Waals surface area contributed by atoms with Gasteiger partial charge >= 0.3 is 17.9 Å². The lowest BCUT2D eigenvalue weighted by atomic mass is 10.2. The molecule has 6 heteroatoms. The SMILES string of the molecule is CCC(=O)OCC(COC(=O)CC)OC(=O)C(C)C. The minimum Gasteiger partial charge on any atom is -0.462 e. The number of esters is 3. The van der Waals surface area contributed by atoms with Crippen LogP contribution >= 0.6 is 0 Å². The summed E-state index contributed by atoms with van der Waals surface area (Å²) in [7, 11) is 0. The number of rotatable bonds is 8. The highest BCUT2D eigenvalue weighted by molar-refractivity contribution is 5.72. The second kappa shape index (κ2) is 9.35. The summed E-state index contributed by atoms with van der Waals surface area (Å²) in [5.74, 6) is -1.52. The Balaban J connectivity index is 4.33. The third-order valence-electron chi connectivity index (χ3n) is 2.19. The third kappa shape index (κ3) is 8.18. The van der Waals surface area contributed by atoms with Gasteiger partial charge in [-0.3, -0.25) is 14.4 Å². The molecule has 0 radical (unpaired) electrons. The lowest BCUT2D eigenvalue weighted by Crippen LogP contribution is -2.32. The van der Waals surface area contributed by atoms with E-state index in [9.17, 15) is 14.4 Å². The van der Waals surface area contributed by atoms with Gasteiger partial charge in [0.15, 0.2) is 6.10 Å². The molecule has 0 saturated carbocycles. The van der Waals surface area contributed by atoms with E-state index < -0.39 is 24.0 Å². The molecule has 0 spiro atoms. The highest BCUT2D eigenvalue weighted by atomic mass is 16.6. The van der Waals surface area contributed by atoms with Gasteiger partial charge in [0.05, 0.1) is 5.92 Å².